The van der Waals surface area contributed by atoms with E-state index in [1.54, 1.807) is 0 Å². The third kappa shape index (κ3) is 35.1. The average molecular weight is 744 g/mol. The molecule has 1 unspecified atom stereocenters. The normalized spacial score (nSPS) is 11.5. The maximum Gasteiger partial charge on any atom is 0.326 e. The van der Waals surface area contributed by atoms with Crippen LogP contribution in [0.15, 0.2) is 0 Å². The molecule has 16 nitrogen and oxygen atoms in total. The Morgan fingerprint density at radius 3 is 1.35 bits per heavy atom. The number of aliphatic carboxylic acids is 2. The summed E-state index contributed by atoms with van der Waals surface area (Å²) in [5, 5.41) is 35.6. The summed E-state index contributed by atoms with van der Waals surface area (Å²) in [4.78, 5) is 74.3. The highest BCUT2D eigenvalue weighted by atomic mass is 16.6. The van der Waals surface area contributed by atoms with Gasteiger partial charge >= 0.3 is 11.9 Å². The summed E-state index contributed by atoms with van der Waals surface area (Å²) in [6.45, 7) is 4.85. The van der Waals surface area contributed by atoms with E-state index in [0.717, 1.165) is 116 Å². The van der Waals surface area contributed by atoms with Gasteiger partial charge in [-0.05, 0) is 71.1 Å². The Morgan fingerprint density at radius 1 is 0.462 bits per heavy atom. The lowest BCUT2D eigenvalue weighted by atomic mass is 10.0. The number of carbonyl (C=O) groups is 6. The van der Waals surface area contributed by atoms with Crippen molar-refractivity contribution in [2.45, 2.75) is 141 Å². The zero-order chi connectivity index (χ0) is 38.5. The average Bonchev–Trinajstić information content (AvgIpc) is 3.11. The first-order chi connectivity index (χ1) is 25.1. The first kappa shape index (κ1) is 48.7. The Balaban J connectivity index is 3.63. The fourth-order valence-electron chi connectivity index (χ4n) is 5.33. The Bertz CT molecular complexity index is 972. The molecule has 0 aromatic carbocycles. The van der Waals surface area contributed by atoms with Gasteiger partial charge in [0, 0.05) is 51.7 Å². The van der Waals surface area contributed by atoms with E-state index in [0.29, 0.717) is 26.1 Å². The summed E-state index contributed by atoms with van der Waals surface area (Å²) >= 11 is 0. The van der Waals surface area contributed by atoms with Crippen molar-refractivity contribution in [1.82, 2.24) is 31.9 Å². The van der Waals surface area contributed by atoms with Crippen LogP contribution in [0.2, 0.25) is 0 Å². The Hall–Kier alpha value is -3.34. The Kier molecular flexibility index (Phi) is 33.7. The van der Waals surface area contributed by atoms with Gasteiger partial charge in [-0.2, -0.15) is 0 Å². The van der Waals surface area contributed by atoms with Crippen LogP contribution in [-0.2, 0) is 33.6 Å². The molecule has 0 rings (SSSR count). The highest BCUT2D eigenvalue weighted by Crippen LogP contribution is 2.13. The largest absolute Gasteiger partial charge is 0.481 e. The van der Waals surface area contributed by atoms with E-state index < -0.39 is 18.0 Å². The van der Waals surface area contributed by atoms with Gasteiger partial charge in [0.05, 0.1) is 6.61 Å². The van der Waals surface area contributed by atoms with E-state index in [-0.39, 0.29) is 68.8 Å². The van der Waals surface area contributed by atoms with Crippen LogP contribution in [0.3, 0.4) is 0 Å². The smallest absolute Gasteiger partial charge is 0.326 e. The van der Waals surface area contributed by atoms with Crippen LogP contribution in [0.5, 0.6) is 0 Å². The maximum absolute atomic E-state index is 12.3. The van der Waals surface area contributed by atoms with E-state index in [4.69, 9.17) is 11.0 Å². The topological polar surface area (TPSA) is 250 Å². The van der Waals surface area contributed by atoms with Crippen LogP contribution < -0.4 is 37.8 Å². The lowest BCUT2D eigenvalue weighted by molar-refractivity contribution is -0.142. The molecule has 0 saturated heterocycles. The maximum atomic E-state index is 12.3. The van der Waals surface area contributed by atoms with Gasteiger partial charge < -0.3 is 47.0 Å². The molecule has 0 aromatic rings. The van der Waals surface area contributed by atoms with Crippen LogP contribution in [0.4, 0.5) is 0 Å². The van der Waals surface area contributed by atoms with Crippen LogP contribution in [0, 0.1) is 0 Å². The number of amides is 4. The third-order valence-corrected chi connectivity index (χ3v) is 8.37. The fraction of sp³-hybridized carbons (Fsp3) is 0.833. The SMILES string of the molecule is NOCCNC(=O)CCC(=O)NCCCNCCCCNCCCNC(=O)CCC(NC(=O)CCCCCCCCCCCCCC(=O)O)C(=O)O. The van der Waals surface area contributed by atoms with E-state index >= 15 is 0 Å². The minimum Gasteiger partial charge on any atom is -0.481 e. The molecule has 0 aliphatic carbocycles. The van der Waals surface area contributed by atoms with Gasteiger partial charge in [-0.1, -0.05) is 57.8 Å². The van der Waals surface area contributed by atoms with Crippen molar-refractivity contribution in [2.24, 2.45) is 5.90 Å². The summed E-state index contributed by atoms with van der Waals surface area (Å²) in [6, 6.07) is -1.08. The minimum atomic E-state index is -1.14. The van der Waals surface area contributed by atoms with Crippen molar-refractivity contribution in [3.63, 3.8) is 0 Å². The van der Waals surface area contributed by atoms with E-state index in [1.165, 1.54) is 0 Å². The van der Waals surface area contributed by atoms with Crippen molar-refractivity contribution >= 4 is 35.6 Å². The highest BCUT2D eigenvalue weighted by molar-refractivity contribution is 5.84. The highest BCUT2D eigenvalue weighted by Gasteiger charge is 2.20. The van der Waals surface area contributed by atoms with Crippen molar-refractivity contribution in [3.05, 3.63) is 0 Å². The quantitative estimate of drug-likeness (QED) is 0.0326. The van der Waals surface area contributed by atoms with E-state index in [1.807, 2.05) is 0 Å². The molecular weight excluding hydrogens is 674 g/mol. The predicted octanol–water partition coefficient (Wildman–Crippen LogP) is 2.25. The van der Waals surface area contributed by atoms with Gasteiger partial charge in [0.15, 0.2) is 0 Å². The first-order valence-corrected chi connectivity index (χ1v) is 19.4. The van der Waals surface area contributed by atoms with Crippen molar-refractivity contribution < 1.29 is 43.8 Å². The molecule has 10 N–H and O–H groups in total. The van der Waals surface area contributed by atoms with Crippen LogP contribution in [-0.4, -0.2) is 104 Å². The van der Waals surface area contributed by atoms with E-state index in [9.17, 15) is 33.9 Å². The third-order valence-electron chi connectivity index (χ3n) is 8.37. The number of carboxylic acids is 2. The minimum absolute atomic E-state index is 0.0254. The molecule has 16 heteroatoms. The number of hydrogen-bond donors (Lipinski definition) is 9. The van der Waals surface area contributed by atoms with Crippen LogP contribution in [0.25, 0.3) is 0 Å². The molecule has 302 valence electrons. The summed E-state index contributed by atoms with van der Waals surface area (Å²) in [6.07, 6.45) is 15.6. The standard InChI is InChI=1S/C36H69N7O9/c37-52-29-28-42-33(46)21-20-32(45)41-27-15-25-39-23-13-12-22-38-24-14-26-40-31(44)19-18-30(36(50)51)43-34(47)16-10-8-6-4-2-1-3-5-7-9-11-17-35(48)49/h30,38-39H,1-29,37H2,(H,40,44)(H,41,45)(H,42,46)(H,43,47)(H,48,49)(H,50,51). The molecule has 0 radical (unpaired) electrons. The number of unbranched alkanes of at least 4 members (excludes halogenated alkanes) is 11. The molecule has 0 saturated carbocycles. The Labute approximate surface area is 310 Å². The van der Waals surface area contributed by atoms with E-state index in [2.05, 4.69) is 36.7 Å². The number of nitrogens with two attached hydrogens (primary N) is 1. The van der Waals surface area contributed by atoms with Gasteiger partial charge in [0.25, 0.3) is 0 Å². The predicted molar refractivity (Wildman–Crippen MR) is 199 cm³/mol. The fourth-order valence-corrected chi connectivity index (χ4v) is 5.33. The second-order valence-corrected chi connectivity index (χ2v) is 13.1. The molecule has 0 spiro atoms. The number of hydrogen-bond acceptors (Lipinski definition) is 10. The lowest BCUT2D eigenvalue weighted by Crippen LogP contribution is -2.41. The van der Waals surface area contributed by atoms with Gasteiger partial charge in [0.2, 0.25) is 23.6 Å². The van der Waals surface area contributed by atoms with Crippen molar-refractivity contribution in [2.75, 3.05) is 52.4 Å². The zero-order valence-corrected chi connectivity index (χ0v) is 31.4. The second kappa shape index (κ2) is 36.0. The van der Waals surface area contributed by atoms with Gasteiger partial charge in [-0.15, -0.1) is 0 Å². The number of carbonyl (C=O) groups excluding carboxylic acids is 4. The van der Waals surface area contributed by atoms with Gasteiger partial charge in [-0.25, -0.2) is 10.7 Å². The molecular formula is C36H69N7O9. The van der Waals surface area contributed by atoms with Crippen LogP contribution >= 0.6 is 0 Å². The zero-order valence-electron chi connectivity index (χ0n) is 31.4. The van der Waals surface area contributed by atoms with Crippen molar-refractivity contribution in [1.29, 1.82) is 0 Å². The number of rotatable bonds is 38. The molecule has 1 atom stereocenters. The lowest BCUT2D eigenvalue weighted by Gasteiger charge is -2.14. The van der Waals surface area contributed by atoms with Crippen LogP contribution in [0.1, 0.15) is 135 Å². The number of carboxylic acid groups (broad SMARTS) is 2. The Morgan fingerprint density at radius 2 is 0.885 bits per heavy atom. The molecule has 4 amide bonds. The molecule has 0 aliphatic rings. The molecule has 0 aromatic heterocycles. The van der Waals surface area contributed by atoms with Crippen molar-refractivity contribution in [3.8, 4) is 0 Å². The molecule has 0 fully saturated rings. The summed E-state index contributed by atoms with van der Waals surface area (Å²) in [7, 11) is 0. The molecule has 52 heavy (non-hydrogen) atoms. The van der Waals surface area contributed by atoms with Gasteiger partial charge in [0.1, 0.15) is 6.04 Å². The first-order valence-electron chi connectivity index (χ1n) is 19.4. The molecule has 0 aliphatic heterocycles. The summed E-state index contributed by atoms with van der Waals surface area (Å²) in [5.74, 6) is 2.11. The monoisotopic (exact) mass is 744 g/mol. The number of nitrogens with one attached hydrogen (secondary N) is 6. The second-order valence-electron chi connectivity index (χ2n) is 13.1. The summed E-state index contributed by atoms with van der Waals surface area (Å²) < 4.78 is 0. The molecule has 0 bridgehead atoms. The van der Waals surface area contributed by atoms with Gasteiger partial charge in [-0.3, -0.25) is 24.0 Å². The molecule has 0 heterocycles. The summed E-state index contributed by atoms with van der Waals surface area (Å²) in [5.41, 5.74) is 0.